The predicted molar refractivity (Wildman–Crippen MR) is 117 cm³/mol. The minimum Gasteiger partial charge on any atom is -0.206 e. The quantitative estimate of drug-likeness (QED) is 0.363. The Bertz CT molecular complexity index is 798. The molecule has 1 fully saturated rings. The highest BCUT2D eigenvalue weighted by molar-refractivity contribution is 5.38. The van der Waals surface area contributed by atoms with Gasteiger partial charge in [0.15, 0.2) is 0 Å². The van der Waals surface area contributed by atoms with Crippen LogP contribution in [-0.4, -0.2) is 0 Å². The van der Waals surface area contributed by atoms with Crippen LogP contribution in [0.3, 0.4) is 0 Å². The summed E-state index contributed by atoms with van der Waals surface area (Å²) in [4.78, 5) is 0. The molecule has 148 valence electrons. The van der Waals surface area contributed by atoms with E-state index in [1.54, 1.807) is 6.07 Å². The lowest BCUT2D eigenvalue weighted by molar-refractivity contribution is 0.384. The summed E-state index contributed by atoms with van der Waals surface area (Å²) in [5, 5.41) is 0. The predicted octanol–water partition coefficient (Wildman–Crippen LogP) is 7.45. The summed E-state index contributed by atoms with van der Waals surface area (Å²) in [6, 6.07) is 14.7. The van der Waals surface area contributed by atoms with E-state index in [2.05, 4.69) is 50.0 Å². The van der Waals surface area contributed by atoms with E-state index < -0.39 is 0 Å². The molecular weight excluding hydrogens is 343 g/mol. The third-order valence-corrected chi connectivity index (χ3v) is 6.10. The Hall–Kier alpha value is -2.07. The van der Waals surface area contributed by atoms with Crippen LogP contribution in [-0.2, 0) is 12.8 Å². The Morgan fingerprint density at radius 2 is 1.61 bits per heavy atom. The lowest BCUT2D eigenvalue weighted by atomic mass is 9.79. The van der Waals surface area contributed by atoms with Crippen LogP contribution in [0.4, 0.5) is 4.39 Å². The number of halogens is 1. The summed E-state index contributed by atoms with van der Waals surface area (Å²) < 4.78 is 14.4. The highest BCUT2D eigenvalue weighted by Crippen LogP contribution is 2.35. The van der Waals surface area contributed by atoms with Crippen molar-refractivity contribution in [2.24, 2.45) is 5.92 Å². The molecule has 0 aromatic heterocycles. The highest BCUT2D eigenvalue weighted by Gasteiger charge is 2.21. The highest BCUT2D eigenvalue weighted by atomic mass is 19.1. The van der Waals surface area contributed by atoms with E-state index in [1.807, 2.05) is 12.1 Å². The van der Waals surface area contributed by atoms with Crippen LogP contribution in [0, 0.1) is 23.6 Å². The molecule has 0 heterocycles. The lowest BCUT2D eigenvalue weighted by Crippen LogP contribution is -2.12. The van der Waals surface area contributed by atoms with Crippen molar-refractivity contribution in [3.8, 4) is 11.8 Å². The van der Waals surface area contributed by atoms with Crippen molar-refractivity contribution in [1.29, 1.82) is 0 Å². The fourth-order valence-corrected chi connectivity index (χ4v) is 4.17. The Morgan fingerprint density at radius 3 is 2.25 bits per heavy atom. The van der Waals surface area contributed by atoms with Gasteiger partial charge in [-0.1, -0.05) is 68.9 Å². The first-order valence-electron chi connectivity index (χ1n) is 11.1. The molecule has 2 aromatic carbocycles. The lowest BCUT2D eigenvalue weighted by Gasteiger charge is -2.26. The SMILES string of the molecule is CCCCCc1ccc(C#CC2CCC(c3ccc(CC)cc3)CC2)c(F)c1. The van der Waals surface area contributed by atoms with Crippen molar-refractivity contribution in [3.63, 3.8) is 0 Å². The standard InChI is InChI=1S/C27H33F/c1-3-5-6-7-23-13-19-26(27(28)20-23)18-12-22-10-16-25(17-11-22)24-14-8-21(4-2)9-15-24/h8-9,13-15,19-20,22,25H,3-7,10-11,16-17H2,1-2H3. The topological polar surface area (TPSA) is 0 Å². The van der Waals surface area contributed by atoms with Gasteiger partial charge in [-0.15, -0.1) is 0 Å². The van der Waals surface area contributed by atoms with Gasteiger partial charge in [-0.05, 0) is 79.7 Å². The number of aryl methyl sites for hydroxylation is 2. The van der Waals surface area contributed by atoms with E-state index >= 15 is 0 Å². The zero-order chi connectivity index (χ0) is 19.8. The van der Waals surface area contributed by atoms with Crippen molar-refractivity contribution >= 4 is 0 Å². The van der Waals surface area contributed by atoms with Crippen LogP contribution in [0.5, 0.6) is 0 Å². The molecular formula is C27H33F. The fraction of sp³-hybridized carbons (Fsp3) is 0.481. The number of hydrogen-bond acceptors (Lipinski definition) is 0. The van der Waals surface area contributed by atoms with Crippen LogP contribution in [0.25, 0.3) is 0 Å². The molecule has 1 aliphatic rings. The monoisotopic (exact) mass is 376 g/mol. The second kappa shape index (κ2) is 10.5. The summed E-state index contributed by atoms with van der Waals surface area (Å²) >= 11 is 0. The largest absolute Gasteiger partial charge is 0.206 e. The van der Waals surface area contributed by atoms with Gasteiger partial charge in [0, 0.05) is 5.92 Å². The zero-order valence-electron chi connectivity index (χ0n) is 17.4. The molecule has 1 heteroatoms. The minimum atomic E-state index is -0.161. The third kappa shape index (κ3) is 5.71. The molecule has 3 rings (SSSR count). The van der Waals surface area contributed by atoms with Crippen LogP contribution in [0.2, 0.25) is 0 Å². The van der Waals surface area contributed by atoms with E-state index in [0.717, 1.165) is 37.7 Å². The average Bonchev–Trinajstić information content (AvgIpc) is 2.74. The van der Waals surface area contributed by atoms with Gasteiger partial charge in [-0.3, -0.25) is 0 Å². The molecule has 0 nitrogen and oxygen atoms in total. The first-order valence-corrected chi connectivity index (χ1v) is 11.1. The number of unbranched alkanes of at least 4 members (excludes halogenated alkanes) is 2. The van der Waals surface area contributed by atoms with Crippen molar-refractivity contribution in [3.05, 3.63) is 70.5 Å². The molecule has 0 aliphatic heterocycles. The number of rotatable bonds is 6. The second-order valence-electron chi connectivity index (χ2n) is 8.18. The molecule has 0 bridgehead atoms. The summed E-state index contributed by atoms with van der Waals surface area (Å²) in [6.45, 7) is 4.39. The van der Waals surface area contributed by atoms with Crippen LogP contribution in [0.1, 0.15) is 87.0 Å². The van der Waals surface area contributed by atoms with E-state index in [0.29, 0.717) is 17.4 Å². The van der Waals surface area contributed by atoms with Gasteiger partial charge in [-0.2, -0.15) is 0 Å². The maximum Gasteiger partial charge on any atom is 0.139 e. The minimum absolute atomic E-state index is 0.161. The first kappa shape index (κ1) is 20.7. The Labute approximate surface area is 170 Å². The summed E-state index contributed by atoms with van der Waals surface area (Å²) in [6.07, 6.45) is 10.2. The van der Waals surface area contributed by atoms with E-state index in [1.165, 1.54) is 36.8 Å². The smallest absolute Gasteiger partial charge is 0.139 e. The maximum atomic E-state index is 14.4. The zero-order valence-corrected chi connectivity index (χ0v) is 17.4. The molecule has 0 spiro atoms. The van der Waals surface area contributed by atoms with Gasteiger partial charge in [0.25, 0.3) is 0 Å². The number of benzene rings is 2. The van der Waals surface area contributed by atoms with Crippen LogP contribution < -0.4 is 0 Å². The number of hydrogen-bond donors (Lipinski definition) is 0. The van der Waals surface area contributed by atoms with Gasteiger partial charge in [0.05, 0.1) is 5.56 Å². The molecule has 1 saturated carbocycles. The van der Waals surface area contributed by atoms with Crippen molar-refractivity contribution in [2.45, 2.75) is 77.6 Å². The maximum absolute atomic E-state index is 14.4. The molecule has 28 heavy (non-hydrogen) atoms. The van der Waals surface area contributed by atoms with Gasteiger partial charge >= 0.3 is 0 Å². The second-order valence-corrected chi connectivity index (χ2v) is 8.18. The summed E-state index contributed by atoms with van der Waals surface area (Å²) in [5.74, 6) is 7.37. The molecule has 2 aromatic rings. The molecule has 0 amide bonds. The molecule has 0 radical (unpaired) electrons. The van der Waals surface area contributed by atoms with Crippen molar-refractivity contribution in [2.75, 3.05) is 0 Å². The fourth-order valence-electron chi connectivity index (χ4n) is 4.17. The van der Waals surface area contributed by atoms with Gasteiger partial charge in [-0.25, -0.2) is 4.39 Å². The molecule has 0 unspecified atom stereocenters. The molecule has 0 atom stereocenters. The Kier molecular flexibility index (Phi) is 7.72. The molecule has 0 N–H and O–H groups in total. The van der Waals surface area contributed by atoms with Crippen molar-refractivity contribution < 1.29 is 4.39 Å². The summed E-state index contributed by atoms with van der Waals surface area (Å²) in [5.41, 5.74) is 4.51. The van der Waals surface area contributed by atoms with Gasteiger partial charge in [0.1, 0.15) is 5.82 Å². The van der Waals surface area contributed by atoms with E-state index in [9.17, 15) is 4.39 Å². The Morgan fingerprint density at radius 1 is 0.893 bits per heavy atom. The van der Waals surface area contributed by atoms with Crippen LogP contribution >= 0.6 is 0 Å². The van der Waals surface area contributed by atoms with Crippen LogP contribution in [0.15, 0.2) is 42.5 Å². The van der Waals surface area contributed by atoms with E-state index in [-0.39, 0.29) is 5.82 Å². The van der Waals surface area contributed by atoms with Crippen molar-refractivity contribution in [1.82, 2.24) is 0 Å². The average molecular weight is 377 g/mol. The van der Waals surface area contributed by atoms with Gasteiger partial charge < -0.3 is 0 Å². The third-order valence-electron chi connectivity index (χ3n) is 6.10. The Balaban J connectivity index is 1.54. The normalized spacial score (nSPS) is 19.1. The summed E-state index contributed by atoms with van der Waals surface area (Å²) in [7, 11) is 0. The molecule has 0 saturated heterocycles. The van der Waals surface area contributed by atoms with Gasteiger partial charge in [0.2, 0.25) is 0 Å². The molecule has 1 aliphatic carbocycles. The first-order chi connectivity index (χ1) is 13.7. The van der Waals surface area contributed by atoms with E-state index in [4.69, 9.17) is 0 Å².